The third kappa shape index (κ3) is 3.27. The van der Waals surface area contributed by atoms with Crippen LogP contribution in [-0.2, 0) is 4.74 Å². The van der Waals surface area contributed by atoms with Crippen LogP contribution in [0, 0.1) is 6.92 Å². The average Bonchev–Trinajstić information content (AvgIpc) is 3.14. The molecule has 3 rings (SSSR count). The first-order chi connectivity index (χ1) is 12.5. The summed E-state index contributed by atoms with van der Waals surface area (Å²) in [5, 5.41) is 19.5. The van der Waals surface area contributed by atoms with Gasteiger partial charge >= 0.3 is 5.97 Å². The molecule has 0 saturated carbocycles. The second-order valence-electron chi connectivity index (χ2n) is 5.63. The van der Waals surface area contributed by atoms with Crippen LogP contribution in [0.25, 0.3) is 11.3 Å². The lowest BCUT2D eigenvalue weighted by Crippen LogP contribution is -2.15. The molecule has 3 aromatic rings. The molecule has 0 aliphatic heterocycles. The molecule has 0 atom stereocenters. The number of phenolic OH excluding ortho intramolecular Hbond substituents is 1. The van der Waals surface area contributed by atoms with Gasteiger partial charge in [-0.05, 0) is 36.8 Å². The highest BCUT2D eigenvalue weighted by atomic mass is 16.5. The summed E-state index contributed by atoms with van der Waals surface area (Å²) in [5.74, 6) is -0.898. The average molecular weight is 351 g/mol. The number of aromatic amines is 1. The van der Waals surface area contributed by atoms with E-state index in [9.17, 15) is 14.7 Å². The number of H-pyrrole nitrogens is 1. The fraction of sp³-hybridized carbons (Fsp3) is 0.105. The number of nitrogens with one attached hydrogen (secondary N) is 2. The molecule has 7 heteroatoms. The number of aromatic nitrogens is 2. The minimum absolute atomic E-state index is 0.113. The van der Waals surface area contributed by atoms with Crippen molar-refractivity contribution in [2.45, 2.75) is 6.92 Å². The maximum atomic E-state index is 12.5. The smallest absolute Gasteiger partial charge is 0.339 e. The fourth-order valence-corrected chi connectivity index (χ4v) is 2.51. The first-order valence-electron chi connectivity index (χ1n) is 7.84. The van der Waals surface area contributed by atoms with Crippen molar-refractivity contribution in [2.24, 2.45) is 0 Å². The predicted octanol–water partition coefficient (Wildman–Crippen LogP) is 3.13. The lowest BCUT2D eigenvalue weighted by atomic mass is 10.1. The van der Waals surface area contributed by atoms with Gasteiger partial charge in [0.1, 0.15) is 11.4 Å². The Kier molecular flexibility index (Phi) is 4.70. The van der Waals surface area contributed by atoms with Gasteiger partial charge in [-0.2, -0.15) is 5.10 Å². The Morgan fingerprint density at radius 2 is 1.92 bits per heavy atom. The van der Waals surface area contributed by atoms with Crippen LogP contribution in [0.5, 0.6) is 5.75 Å². The van der Waals surface area contributed by atoms with Crippen molar-refractivity contribution in [3.05, 3.63) is 65.4 Å². The highest BCUT2D eigenvalue weighted by Crippen LogP contribution is 2.30. The number of aryl methyl sites for hydroxylation is 1. The zero-order valence-corrected chi connectivity index (χ0v) is 14.2. The van der Waals surface area contributed by atoms with Crippen molar-refractivity contribution in [1.82, 2.24) is 10.2 Å². The monoisotopic (exact) mass is 351 g/mol. The molecule has 1 heterocycles. The number of anilines is 1. The predicted molar refractivity (Wildman–Crippen MR) is 96.2 cm³/mol. The number of hydrogen-bond donors (Lipinski definition) is 3. The number of esters is 1. The number of carbonyl (C=O) groups excluding carboxylic acids is 2. The van der Waals surface area contributed by atoms with Gasteiger partial charge in [-0.25, -0.2) is 4.79 Å². The van der Waals surface area contributed by atoms with Gasteiger partial charge in [0.2, 0.25) is 0 Å². The first-order valence-corrected chi connectivity index (χ1v) is 7.84. The van der Waals surface area contributed by atoms with Crippen LogP contribution in [-0.4, -0.2) is 34.3 Å². The molecular weight excluding hydrogens is 334 g/mol. The van der Waals surface area contributed by atoms with Gasteiger partial charge in [0.25, 0.3) is 5.91 Å². The second-order valence-corrected chi connectivity index (χ2v) is 5.63. The largest absolute Gasteiger partial charge is 0.507 e. The number of methoxy groups -OCH3 is 1. The third-order valence-corrected chi connectivity index (χ3v) is 3.92. The van der Waals surface area contributed by atoms with Gasteiger partial charge in [0, 0.05) is 5.56 Å². The highest BCUT2D eigenvalue weighted by Gasteiger charge is 2.17. The van der Waals surface area contributed by atoms with Gasteiger partial charge in [-0.3, -0.25) is 9.89 Å². The van der Waals surface area contributed by atoms with Gasteiger partial charge < -0.3 is 15.2 Å². The van der Waals surface area contributed by atoms with Crippen LogP contribution < -0.4 is 5.32 Å². The Hall–Kier alpha value is -3.61. The molecular formula is C19H17N3O4. The number of ether oxygens (including phenoxy) is 1. The van der Waals surface area contributed by atoms with Crippen LogP contribution in [0.1, 0.15) is 26.4 Å². The van der Waals surface area contributed by atoms with Gasteiger partial charge in [-0.15, -0.1) is 0 Å². The Morgan fingerprint density at radius 1 is 1.15 bits per heavy atom. The van der Waals surface area contributed by atoms with E-state index in [0.29, 0.717) is 22.5 Å². The summed E-state index contributed by atoms with van der Waals surface area (Å²) in [6.07, 6.45) is 0. The van der Waals surface area contributed by atoms with Crippen molar-refractivity contribution in [1.29, 1.82) is 0 Å². The minimum atomic E-state index is -0.545. The molecule has 0 fully saturated rings. The van der Waals surface area contributed by atoms with Gasteiger partial charge in [0.15, 0.2) is 0 Å². The summed E-state index contributed by atoms with van der Waals surface area (Å²) in [7, 11) is 1.27. The molecule has 0 aliphatic carbocycles. The maximum absolute atomic E-state index is 12.5. The van der Waals surface area contributed by atoms with E-state index < -0.39 is 11.9 Å². The Morgan fingerprint density at radius 3 is 2.69 bits per heavy atom. The van der Waals surface area contributed by atoms with E-state index in [1.165, 1.54) is 13.2 Å². The molecule has 0 saturated heterocycles. The normalized spacial score (nSPS) is 10.4. The zero-order chi connectivity index (χ0) is 18.7. The van der Waals surface area contributed by atoms with Crippen LogP contribution in [0.4, 0.5) is 5.69 Å². The number of nitrogens with zero attached hydrogens (tertiary/aromatic N) is 1. The Balaban J connectivity index is 1.86. The molecule has 3 N–H and O–H groups in total. The van der Waals surface area contributed by atoms with Crippen LogP contribution in [0.3, 0.4) is 0 Å². The highest BCUT2D eigenvalue weighted by molar-refractivity contribution is 6.07. The number of amides is 1. The maximum Gasteiger partial charge on any atom is 0.339 e. The Bertz CT molecular complexity index is 978. The van der Waals surface area contributed by atoms with Crippen molar-refractivity contribution in [3.8, 4) is 17.0 Å². The van der Waals surface area contributed by atoms with Crippen LogP contribution >= 0.6 is 0 Å². The first kappa shape index (κ1) is 17.2. The molecule has 0 aliphatic rings. The lowest BCUT2D eigenvalue weighted by molar-refractivity contribution is 0.0602. The van der Waals surface area contributed by atoms with E-state index in [1.807, 2.05) is 0 Å². The number of aromatic hydroxyl groups is 1. The van der Waals surface area contributed by atoms with Crippen molar-refractivity contribution >= 4 is 17.6 Å². The van der Waals surface area contributed by atoms with E-state index in [-0.39, 0.29) is 17.0 Å². The molecule has 132 valence electrons. The fourth-order valence-electron chi connectivity index (χ4n) is 2.51. The van der Waals surface area contributed by atoms with E-state index in [2.05, 4.69) is 15.5 Å². The van der Waals surface area contributed by atoms with E-state index in [1.54, 1.807) is 49.4 Å². The van der Waals surface area contributed by atoms with Crippen molar-refractivity contribution < 1.29 is 19.4 Å². The quantitative estimate of drug-likeness (QED) is 0.627. The molecule has 0 unspecified atom stereocenters. The van der Waals surface area contributed by atoms with Crippen LogP contribution in [0.15, 0.2) is 48.5 Å². The third-order valence-electron chi connectivity index (χ3n) is 3.92. The summed E-state index contributed by atoms with van der Waals surface area (Å²) in [5.41, 5.74) is 2.45. The molecule has 0 radical (unpaired) electrons. The molecule has 26 heavy (non-hydrogen) atoms. The summed E-state index contributed by atoms with van der Waals surface area (Å²) >= 11 is 0. The topological polar surface area (TPSA) is 104 Å². The van der Waals surface area contributed by atoms with E-state index in [4.69, 9.17) is 4.74 Å². The molecule has 1 amide bonds. The SMILES string of the molecule is COC(=O)c1ccccc1NC(=O)c1cc(-c2cccc(C)c2O)n[nH]1. The molecule has 2 aromatic carbocycles. The number of phenols is 1. The van der Waals surface area contributed by atoms with Crippen LogP contribution in [0.2, 0.25) is 0 Å². The zero-order valence-electron chi connectivity index (χ0n) is 14.2. The molecule has 0 spiro atoms. The summed E-state index contributed by atoms with van der Waals surface area (Å²) in [6.45, 7) is 1.78. The van der Waals surface area contributed by atoms with E-state index >= 15 is 0 Å². The summed E-state index contributed by atoms with van der Waals surface area (Å²) in [6, 6.07) is 13.4. The minimum Gasteiger partial charge on any atom is -0.507 e. The number of carbonyl (C=O) groups is 2. The Labute approximate surface area is 149 Å². The van der Waals surface area contributed by atoms with Crippen molar-refractivity contribution in [3.63, 3.8) is 0 Å². The molecule has 7 nitrogen and oxygen atoms in total. The van der Waals surface area contributed by atoms with Gasteiger partial charge in [0.05, 0.1) is 24.1 Å². The second kappa shape index (κ2) is 7.10. The summed E-state index contributed by atoms with van der Waals surface area (Å²) in [4.78, 5) is 24.3. The summed E-state index contributed by atoms with van der Waals surface area (Å²) < 4.78 is 4.71. The molecule has 0 bridgehead atoms. The molecule has 1 aromatic heterocycles. The van der Waals surface area contributed by atoms with Crippen molar-refractivity contribution in [2.75, 3.05) is 12.4 Å². The number of hydrogen-bond acceptors (Lipinski definition) is 5. The van der Waals surface area contributed by atoms with Gasteiger partial charge in [-0.1, -0.05) is 24.3 Å². The number of rotatable bonds is 4. The number of para-hydroxylation sites is 2. The standard InChI is InChI=1S/C19H17N3O4/c1-11-6-5-8-12(17(11)23)15-10-16(22-21-15)18(24)20-14-9-4-3-7-13(14)19(25)26-2/h3-10,23H,1-2H3,(H,20,24)(H,21,22). The lowest BCUT2D eigenvalue weighted by Gasteiger charge is -2.08. The van der Waals surface area contributed by atoms with E-state index in [0.717, 1.165) is 0 Å². The number of benzene rings is 2.